The van der Waals surface area contributed by atoms with E-state index in [2.05, 4.69) is 58.0 Å². The molecule has 192 valence electrons. The molecule has 0 bridgehead atoms. The van der Waals surface area contributed by atoms with Crippen LogP contribution in [0.1, 0.15) is 27.7 Å². The van der Waals surface area contributed by atoms with Crippen LogP contribution in [0.5, 0.6) is 0 Å². The molecule has 0 spiro atoms. The zero-order chi connectivity index (χ0) is 27.0. The van der Waals surface area contributed by atoms with E-state index in [4.69, 9.17) is 24.3 Å². The van der Waals surface area contributed by atoms with Gasteiger partial charge in [-0.2, -0.15) is 0 Å². The molecule has 1 aliphatic rings. The molecule has 0 atom stereocenters. The molecule has 39 heavy (non-hydrogen) atoms. The quantitative estimate of drug-likeness (QED) is 0.242. The first kappa shape index (κ1) is 25.2. The molecule has 5 nitrogen and oxygen atoms in total. The fourth-order valence-corrected chi connectivity index (χ4v) is 4.67. The zero-order valence-electron chi connectivity index (χ0n) is 22.6. The van der Waals surface area contributed by atoms with Crippen LogP contribution in [0.2, 0.25) is 0 Å². The van der Waals surface area contributed by atoms with E-state index in [9.17, 15) is 0 Å². The summed E-state index contributed by atoms with van der Waals surface area (Å²) < 4.78 is 13.1. The minimum absolute atomic E-state index is 0.485. The number of rotatable bonds is 5. The SMILES string of the molecule is CC1(C)OB(c2cc(-c3ccccc3)ccc2-c2nc(-c3ccccc3)nc(-c3ccccc3)n2)OC1(C)C. The predicted molar refractivity (Wildman–Crippen MR) is 157 cm³/mol. The third-order valence-corrected chi connectivity index (χ3v) is 7.61. The van der Waals surface area contributed by atoms with Gasteiger partial charge >= 0.3 is 7.12 Å². The van der Waals surface area contributed by atoms with Crippen LogP contribution >= 0.6 is 0 Å². The molecule has 0 unspecified atom stereocenters. The summed E-state index contributed by atoms with van der Waals surface area (Å²) in [6.07, 6.45) is 0. The van der Waals surface area contributed by atoms with Crippen LogP contribution in [0.3, 0.4) is 0 Å². The Labute approximate surface area is 230 Å². The molecule has 0 radical (unpaired) electrons. The highest BCUT2D eigenvalue weighted by atomic mass is 16.7. The van der Waals surface area contributed by atoms with Gasteiger partial charge in [0.05, 0.1) is 11.2 Å². The first-order valence-electron chi connectivity index (χ1n) is 13.2. The summed E-state index contributed by atoms with van der Waals surface area (Å²) in [5.74, 6) is 1.81. The van der Waals surface area contributed by atoms with Gasteiger partial charge in [-0.05, 0) is 44.3 Å². The third kappa shape index (κ3) is 4.89. The highest BCUT2D eigenvalue weighted by molar-refractivity contribution is 6.64. The van der Waals surface area contributed by atoms with E-state index in [-0.39, 0.29) is 0 Å². The van der Waals surface area contributed by atoms with Gasteiger partial charge in [0.2, 0.25) is 0 Å². The van der Waals surface area contributed by atoms with Gasteiger partial charge in [-0.25, -0.2) is 15.0 Å². The molecule has 4 aromatic carbocycles. The molecular formula is C33H30BN3O2. The number of nitrogens with zero attached hydrogens (tertiary/aromatic N) is 3. The highest BCUT2D eigenvalue weighted by Gasteiger charge is 2.52. The van der Waals surface area contributed by atoms with Crippen molar-refractivity contribution >= 4 is 12.6 Å². The average molecular weight is 511 g/mol. The van der Waals surface area contributed by atoms with Gasteiger partial charge in [0, 0.05) is 16.7 Å². The summed E-state index contributed by atoms with van der Waals surface area (Å²) >= 11 is 0. The summed E-state index contributed by atoms with van der Waals surface area (Å²) in [4.78, 5) is 14.8. The fourth-order valence-electron chi connectivity index (χ4n) is 4.67. The van der Waals surface area contributed by atoms with Crippen LogP contribution < -0.4 is 5.46 Å². The van der Waals surface area contributed by atoms with Crippen molar-refractivity contribution in [1.29, 1.82) is 0 Å². The molecule has 2 heterocycles. The average Bonchev–Trinajstić information content (AvgIpc) is 3.20. The Morgan fingerprint density at radius 2 is 0.923 bits per heavy atom. The van der Waals surface area contributed by atoms with Crippen LogP contribution in [0.25, 0.3) is 45.3 Å². The van der Waals surface area contributed by atoms with Gasteiger partial charge in [-0.3, -0.25) is 0 Å². The van der Waals surface area contributed by atoms with Crippen LogP contribution in [-0.4, -0.2) is 33.3 Å². The molecule has 1 aliphatic heterocycles. The topological polar surface area (TPSA) is 57.1 Å². The van der Waals surface area contributed by atoms with Gasteiger partial charge in [-0.15, -0.1) is 0 Å². The highest BCUT2D eigenvalue weighted by Crippen LogP contribution is 2.38. The fraction of sp³-hybridized carbons (Fsp3) is 0.182. The Morgan fingerprint density at radius 3 is 1.41 bits per heavy atom. The Morgan fingerprint density at radius 1 is 0.487 bits per heavy atom. The van der Waals surface area contributed by atoms with Crippen molar-refractivity contribution < 1.29 is 9.31 Å². The summed E-state index contributed by atoms with van der Waals surface area (Å²) in [6, 6.07) is 36.6. The Kier molecular flexibility index (Phi) is 6.38. The molecule has 1 aromatic heterocycles. The zero-order valence-corrected chi connectivity index (χ0v) is 22.6. The van der Waals surface area contributed by atoms with Crippen LogP contribution in [0.15, 0.2) is 109 Å². The monoisotopic (exact) mass is 511 g/mol. The number of benzene rings is 4. The van der Waals surface area contributed by atoms with Gasteiger partial charge in [0.15, 0.2) is 17.5 Å². The lowest BCUT2D eigenvalue weighted by Gasteiger charge is -2.32. The maximum absolute atomic E-state index is 6.54. The smallest absolute Gasteiger partial charge is 0.399 e. The molecule has 0 amide bonds. The molecule has 1 saturated heterocycles. The largest absolute Gasteiger partial charge is 0.495 e. The molecular weight excluding hydrogens is 481 g/mol. The van der Waals surface area contributed by atoms with Gasteiger partial charge < -0.3 is 9.31 Å². The van der Waals surface area contributed by atoms with E-state index in [1.54, 1.807) is 0 Å². The lowest BCUT2D eigenvalue weighted by Crippen LogP contribution is -2.41. The molecule has 6 rings (SSSR count). The minimum Gasteiger partial charge on any atom is -0.399 e. The molecule has 1 fully saturated rings. The summed E-state index contributed by atoms with van der Waals surface area (Å²) in [5.41, 5.74) is 4.82. The van der Waals surface area contributed by atoms with Crippen LogP contribution in [-0.2, 0) is 9.31 Å². The van der Waals surface area contributed by atoms with Crippen molar-refractivity contribution in [2.45, 2.75) is 38.9 Å². The molecule has 0 N–H and O–H groups in total. The van der Waals surface area contributed by atoms with E-state index >= 15 is 0 Å². The second kappa shape index (κ2) is 9.88. The second-order valence-corrected chi connectivity index (χ2v) is 10.8. The van der Waals surface area contributed by atoms with E-state index in [1.807, 2.05) is 78.9 Å². The van der Waals surface area contributed by atoms with E-state index < -0.39 is 18.3 Å². The maximum atomic E-state index is 6.54. The third-order valence-electron chi connectivity index (χ3n) is 7.61. The predicted octanol–water partition coefficient (Wildman–Crippen LogP) is 6.84. The first-order valence-corrected chi connectivity index (χ1v) is 13.2. The number of aromatic nitrogens is 3. The summed E-state index contributed by atoms with van der Waals surface area (Å²) in [5, 5.41) is 0. The lowest BCUT2D eigenvalue weighted by atomic mass is 9.74. The first-order chi connectivity index (χ1) is 18.8. The van der Waals surface area contributed by atoms with Crippen molar-refractivity contribution in [3.8, 4) is 45.3 Å². The summed E-state index contributed by atoms with van der Waals surface area (Å²) in [7, 11) is -0.578. The second-order valence-electron chi connectivity index (χ2n) is 10.8. The van der Waals surface area contributed by atoms with Crippen LogP contribution in [0.4, 0.5) is 0 Å². The van der Waals surface area contributed by atoms with Crippen molar-refractivity contribution in [3.05, 3.63) is 109 Å². The normalized spacial score (nSPS) is 15.8. The van der Waals surface area contributed by atoms with E-state index in [1.165, 1.54) is 0 Å². The van der Waals surface area contributed by atoms with Crippen molar-refractivity contribution in [2.75, 3.05) is 0 Å². The Hall–Kier alpha value is -4.13. The van der Waals surface area contributed by atoms with Crippen molar-refractivity contribution in [3.63, 3.8) is 0 Å². The van der Waals surface area contributed by atoms with E-state index in [0.29, 0.717) is 17.5 Å². The van der Waals surface area contributed by atoms with Crippen molar-refractivity contribution in [1.82, 2.24) is 15.0 Å². The lowest BCUT2D eigenvalue weighted by molar-refractivity contribution is 0.00578. The van der Waals surface area contributed by atoms with Gasteiger partial charge in [-0.1, -0.05) is 109 Å². The maximum Gasteiger partial charge on any atom is 0.495 e. The molecule has 5 aromatic rings. The van der Waals surface area contributed by atoms with E-state index in [0.717, 1.165) is 33.3 Å². The number of hydrogen-bond acceptors (Lipinski definition) is 5. The van der Waals surface area contributed by atoms with Gasteiger partial charge in [0.1, 0.15) is 0 Å². The molecule has 0 aliphatic carbocycles. The van der Waals surface area contributed by atoms with Crippen LogP contribution in [0, 0.1) is 0 Å². The van der Waals surface area contributed by atoms with Crippen molar-refractivity contribution in [2.24, 2.45) is 0 Å². The minimum atomic E-state index is -0.578. The number of hydrogen-bond donors (Lipinski definition) is 0. The Balaban J connectivity index is 1.56. The summed E-state index contributed by atoms with van der Waals surface area (Å²) in [6.45, 7) is 8.27. The molecule has 6 heteroatoms. The molecule has 0 saturated carbocycles. The standard InChI is InChI=1S/C33H30BN3O2/c1-32(2)33(3,4)39-34(38-32)28-22-26(23-14-8-5-9-15-23)20-21-27(28)31-36-29(24-16-10-6-11-17-24)35-30(37-31)25-18-12-7-13-19-25/h5-22H,1-4H3. The Bertz CT molecular complexity index is 1530. The van der Waals surface area contributed by atoms with Gasteiger partial charge in [0.25, 0.3) is 0 Å².